The summed E-state index contributed by atoms with van der Waals surface area (Å²) in [5.41, 5.74) is 1.97. The Balaban J connectivity index is 1.82. The smallest absolute Gasteiger partial charge is 0.269 e. The zero-order chi connectivity index (χ0) is 23.1. The number of rotatable bonds is 9. The molecule has 0 fully saturated rings. The van der Waals surface area contributed by atoms with Crippen LogP contribution < -0.4 is 9.47 Å². The maximum atomic E-state index is 13.3. The van der Waals surface area contributed by atoms with Crippen LogP contribution in [-0.4, -0.2) is 36.5 Å². The highest BCUT2D eigenvalue weighted by Crippen LogP contribution is 2.28. The van der Waals surface area contributed by atoms with Crippen LogP contribution in [0.4, 0.5) is 10.1 Å². The van der Waals surface area contributed by atoms with Crippen LogP contribution in [0, 0.1) is 15.9 Å². The molecule has 3 aromatic rings. The van der Waals surface area contributed by atoms with E-state index in [0.717, 1.165) is 11.1 Å². The lowest BCUT2D eigenvalue weighted by Gasteiger charge is -2.23. The van der Waals surface area contributed by atoms with Gasteiger partial charge < -0.3 is 14.4 Å². The van der Waals surface area contributed by atoms with Crippen molar-refractivity contribution in [1.29, 1.82) is 0 Å². The Morgan fingerprint density at radius 2 is 1.56 bits per heavy atom. The minimum Gasteiger partial charge on any atom is -0.493 e. The fraction of sp³-hybridized carbons (Fsp3) is 0.208. The highest BCUT2D eigenvalue weighted by molar-refractivity contribution is 5.94. The van der Waals surface area contributed by atoms with E-state index in [1.807, 2.05) is 12.1 Å². The van der Waals surface area contributed by atoms with Crippen LogP contribution in [0.1, 0.15) is 21.5 Å². The Kier molecular flexibility index (Phi) is 7.38. The van der Waals surface area contributed by atoms with Gasteiger partial charge in [0.25, 0.3) is 11.6 Å². The molecule has 0 N–H and O–H groups in total. The minimum absolute atomic E-state index is 0.0861. The predicted molar refractivity (Wildman–Crippen MR) is 117 cm³/mol. The second-order valence-electron chi connectivity index (χ2n) is 7.10. The summed E-state index contributed by atoms with van der Waals surface area (Å²) >= 11 is 0. The molecule has 1 amide bonds. The number of ether oxygens (including phenoxy) is 2. The summed E-state index contributed by atoms with van der Waals surface area (Å²) in [5, 5.41) is 10.9. The quantitative estimate of drug-likeness (QED) is 0.359. The van der Waals surface area contributed by atoms with Gasteiger partial charge in [-0.05, 0) is 53.9 Å². The summed E-state index contributed by atoms with van der Waals surface area (Å²) in [4.78, 5) is 25.2. The van der Waals surface area contributed by atoms with Gasteiger partial charge in [0.15, 0.2) is 11.5 Å². The van der Waals surface area contributed by atoms with E-state index in [2.05, 4.69) is 0 Å². The third-order valence-corrected chi connectivity index (χ3v) is 5.02. The third kappa shape index (κ3) is 5.60. The molecule has 3 aromatic carbocycles. The molecular formula is C24H23FN2O5. The average molecular weight is 438 g/mol. The highest BCUT2D eigenvalue weighted by atomic mass is 19.1. The Morgan fingerprint density at radius 3 is 2.16 bits per heavy atom. The van der Waals surface area contributed by atoms with Crippen molar-refractivity contribution in [3.05, 3.63) is 99.4 Å². The molecule has 8 heteroatoms. The SMILES string of the molecule is COc1ccc(CCN(Cc2ccc(F)cc2)C(=O)c2ccc([N+](=O)[O-])cc2)cc1OC. The fourth-order valence-electron chi connectivity index (χ4n) is 3.27. The van der Waals surface area contributed by atoms with Gasteiger partial charge in [0.2, 0.25) is 0 Å². The molecule has 166 valence electrons. The topological polar surface area (TPSA) is 81.9 Å². The number of halogens is 1. The molecule has 0 atom stereocenters. The van der Waals surface area contributed by atoms with Crippen LogP contribution in [0.15, 0.2) is 66.7 Å². The average Bonchev–Trinajstić information content (AvgIpc) is 2.82. The van der Waals surface area contributed by atoms with E-state index >= 15 is 0 Å². The number of hydrogen-bond acceptors (Lipinski definition) is 5. The molecule has 0 unspecified atom stereocenters. The summed E-state index contributed by atoms with van der Waals surface area (Å²) in [7, 11) is 3.12. The van der Waals surface area contributed by atoms with Crippen molar-refractivity contribution < 1.29 is 23.6 Å². The maximum Gasteiger partial charge on any atom is 0.269 e. The molecule has 0 aliphatic rings. The Hall–Kier alpha value is -3.94. The monoisotopic (exact) mass is 438 g/mol. The van der Waals surface area contributed by atoms with Crippen LogP contribution in [0.3, 0.4) is 0 Å². The van der Waals surface area contributed by atoms with Crippen molar-refractivity contribution in [2.24, 2.45) is 0 Å². The molecule has 0 bridgehead atoms. The van der Waals surface area contributed by atoms with Gasteiger partial charge in [-0.3, -0.25) is 14.9 Å². The van der Waals surface area contributed by atoms with Crippen molar-refractivity contribution in [3.8, 4) is 11.5 Å². The lowest BCUT2D eigenvalue weighted by molar-refractivity contribution is -0.384. The number of non-ortho nitro benzene ring substituents is 1. The first kappa shape index (κ1) is 22.7. The lowest BCUT2D eigenvalue weighted by Crippen LogP contribution is -2.32. The van der Waals surface area contributed by atoms with E-state index in [-0.39, 0.29) is 24.0 Å². The zero-order valence-corrected chi connectivity index (χ0v) is 17.8. The van der Waals surface area contributed by atoms with Crippen LogP contribution >= 0.6 is 0 Å². The summed E-state index contributed by atoms with van der Waals surface area (Å²) in [6.07, 6.45) is 0.542. The highest BCUT2D eigenvalue weighted by Gasteiger charge is 2.18. The number of methoxy groups -OCH3 is 2. The normalized spacial score (nSPS) is 10.5. The number of nitrogens with zero attached hydrogens (tertiary/aromatic N) is 2. The number of carbonyl (C=O) groups excluding carboxylic acids is 1. The molecular weight excluding hydrogens is 415 g/mol. The first-order valence-corrected chi connectivity index (χ1v) is 9.90. The number of benzene rings is 3. The maximum absolute atomic E-state index is 13.3. The van der Waals surface area contributed by atoms with Gasteiger partial charge in [0, 0.05) is 30.8 Å². The second kappa shape index (κ2) is 10.4. The van der Waals surface area contributed by atoms with E-state index in [4.69, 9.17) is 9.47 Å². The molecule has 7 nitrogen and oxygen atoms in total. The van der Waals surface area contributed by atoms with Crippen molar-refractivity contribution in [2.45, 2.75) is 13.0 Å². The van der Waals surface area contributed by atoms with E-state index in [1.165, 1.54) is 36.4 Å². The largest absolute Gasteiger partial charge is 0.493 e. The van der Waals surface area contributed by atoms with Gasteiger partial charge in [-0.2, -0.15) is 0 Å². The van der Waals surface area contributed by atoms with Gasteiger partial charge in [-0.1, -0.05) is 18.2 Å². The molecule has 0 aromatic heterocycles. The molecule has 0 aliphatic carbocycles. The molecule has 0 spiro atoms. The lowest BCUT2D eigenvalue weighted by atomic mass is 10.1. The Morgan fingerprint density at radius 1 is 0.938 bits per heavy atom. The van der Waals surface area contributed by atoms with E-state index in [9.17, 15) is 19.3 Å². The van der Waals surface area contributed by atoms with Crippen LogP contribution in [0.2, 0.25) is 0 Å². The van der Waals surface area contributed by atoms with Gasteiger partial charge >= 0.3 is 0 Å². The van der Waals surface area contributed by atoms with Gasteiger partial charge in [0.1, 0.15) is 5.82 Å². The van der Waals surface area contributed by atoms with E-state index in [1.54, 1.807) is 37.3 Å². The molecule has 0 radical (unpaired) electrons. The van der Waals surface area contributed by atoms with Gasteiger partial charge in [-0.25, -0.2) is 4.39 Å². The zero-order valence-electron chi connectivity index (χ0n) is 17.8. The Labute approximate surface area is 185 Å². The number of carbonyl (C=O) groups is 1. The number of nitro groups is 1. The first-order chi connectivity index (χ1) is 15.4. The van der Waals surface area contributed by atoms with Gasteiger partial charge in [-0.15, -0.1) is 0 Å². The van der Waals surface area contributed by atoms with Crippen molar-refractivity contribution >= 4 is 11.6 Å². The summed E-state index contributed by atoms with van der Waals surface area (Å²) < 4.78 is 23.9. The van der Waals surface area contributed by atoms with Crippen molar-refractivity contribution in [3.63, 3.8) is 0 Å². The number of nitro benzene ring substituents is 1. The van der Waals surface area contributed by atoms with Crippen LogP contribution in [-0.2, 0) is 13.0 Å². The van der Waals surface area contributed by atoms with Crippen molar-refractivity contribution in [2.75, 3.05) is 20.8 Å². The van der Waals surface area contributed by atoms with Crippen molar-refractivity contribution in [1.82, 2.24) is 4.90 Å². The van der Waals surface area contributed by atoms with Crippen LogP contribution in [0.25, 0.3) is 0 Å². The molecule has 0 saturated carbocycles. The summed E-state index contributed by atoms with van der Waals surface area (Å²) in [6.45, 7) is 0.645. The second-order valence-corrected chi connectivity index (χ2v) is 7.10. The molecule has 0 heterocycles. The summed E-state index contributed by atoms with van der Waals surface area (Å²) in [5.74, 6) is 0.579. The molecule has 0 aliphatic heterocycles. The Bertz CT molecular complexity index is 1080. The van der Waals surface area contributed by atoms with Gasteiger partial charge in [0.05, 0.1) is 19.1 Å². The third-order valence-electron chi connectivity index (χ3n) is 5.02. The molecule has 32 heavy (non-hydrogen) atoms. The predicted octanol–water partition coefficient (Wildman–Crippen LogP) is 4.64. The first-order valence-electron chi connectivity index (χ1n) is 9.90. The van der Waals surface area contributed by atoms with Crippen LogP contribution in [0.5, 0.6) is 11.5 Å². The fourth-order valence-corrected chi connectivity index (χ4v) is 3.27. The number of amides is 1. The number of hydrogen-bond donors (Lipinski definition) is 0. The standard InChI is InChI=1S/C24H23FN2O5/c1-31-22-12-5-17(15-23(22)32-2)13-14-26(16-18-3-8-20(25)9-4-18)24(28)19-6-10-21(11-7-19)27(29)30/h3-12,15H,13-14,16H2,1-2H3. The summed E-state index contributed by atoms with van der Waals surface area (Å²) in [6, 6.07) is 17.0. The molecule has 3 rings (SSSR count). The minimum atomic E-state index is -0.512. The van der Waals surface area contributed by atoms with E-state index < -0.39 is 4.92 Å². The molecule has 0 saturated heterocycles. The van der Waals surface area contributed by atoms with E-state index in [0.29, 0.717) is 30.0 Å².